The number of halogens is 3. The molecular weight excluding hydrogens is 309 g/mol. The van der Waals surface area contributed by atoms with Gasteiger partial charge in [0.05, 0.1) is 5.56 Å². The number of amides is 2. The normalized spacial score (nSPS) is 14.2. The van der Waals surface area contributed by atoms with Crippen LogP contribution in [0.15, 0.2) is 24.3 Å². The standard InChI is InChI=1S/C16H20F3N2O2/c1-4-15(10-22,9-11(2)3)21-14(23)20-13-7-5-12(6-8-13)16(17,18)19/h5-8,11H,4,9H2,1-3H3,(H2,20,21,23)/t15-/m0/s1. The Labute approximate surface area is 133 Å². The fraction of sp³-hybridized carbons (Fsp3) is 0.500. The van der Waals surface area contributed by atoms with E-state index in [0.29, 0.717) is 12.8 Å². The summed E-state index contributed by atoms with van der Waals surface area (Å²) in [5, 5.41) is 4.98. The molecule has 2 N–H and O–H groups in total. The molecule has 7 heteroatoms. The van der Waals surface area contributed by atoms with Crippen LogP contribution in [0.2, 0.25) is 0 Å². The smallest absolute Gasteiger partial charge is 0.325 e. The summed E-state index contributed by atoms with van der Waals surface area (Å²) >= 11 is 0. The van der Waals surface area contributed by atoms with E-state index in [1.54, 1.807) is 6.92 Å². The number of carbonyl (C=O) groups excluding carboxylic acids is 2. The van der Waals surface area contributed by atoms with Gasteiger partial charge in [-0.25, -0.2) is 4.79 Å². The number of urea groups is 1. The van der Waals surface area contributed by atoms with E-state index in [1.165, 1.54) is 0 Å². The fourth-order valence-electron chi connectivity index (χ4n) is 2.24. The van der Waals surface area contributed by atoms with Crippen LogP contribution in [-0.2, 0) is 11.0 Å². The molecule has 0 saturated carbocycles. The van der Waals surface area contributed by atoms with Crippen molar-refractivity contribution in [2.24, 2.45) is 5.92 Å². The molecule has 127 valence electrons. The highest BCUT2D eigenvalue weighted by Crippen LogP contribution is 2.29. The highest BCUT2D eigenvalue weighted by molar-refractivity contribution is 5.92. The average Bonchev–Trinajstić information content (AvgIpc) is 2.45. The van der Waals surface area contributed by atoms with Crippen molar-refractivity contribution in [2.75, 3.05) is 5.32 Å². The summed E-state index contributed by atoms with van der Waals surface area (Å²) in [6.07, 6.45) is -1.76. The molecule has 23 heavy (non-hydrogen) atoms. The van der Waals surface area contributed by atoms with Crippen LogP contribution >= 0.6 is 0 Å². The lowest BCUT2D eigenvalue weighted by Gasteiger charge is -2.29. The molecule has 1 aromatic rings. The van der Waals surface area contributed by atoms with Gasteiger partial charge in [-0.15, -0.1) is 0 Å². The van der Waals surface area contributed by atoms with Crippen molar-refractivity contribution in [3.8, 4) is 0 Å². The van der Waals surface area contributed by atoms with E-state index in [1.807, 2.05) is 20.1 Å². The van der Waals surface area contributed by atoms with Crippen LogP contribution in [0.4, 0.5) is 23.7 Å². The van der Waals surface area contributed by atoms with Crippen molar-refractivity contribution in [1.29, 1.82) is 0 Å². The Morgan fingerprint density at radius 2 is 1.78 bits per heavy atom. The van der Waals surface area contributed by atoms with E-state index < -0.39 is 23.3 Å². The number of hydrogen-bond donors (Lipinski definition) is 2. The van der Waals surface area contributed by atoms with E-state index in [4.69, 9.17) is 0 Å². The van der Waals surface area contributed by atoms with E-state index in [0.717, 1.165) is 24.3 Å². The molecule has 0 aliphatic carbocycles. The molecule has 2 amide bonds. The van der Waals surface area contributed by atoms with Crippen molar-refractivity contribution in [3.63, 3.8) is 0 Å². The zero-order chi connectivity index (χ0) is 17.7. The predicted octanol–water partition coefficient (Wildman–Crippen LogP) is 4.13. The highest BCUT2D eigenvalue weighted by Gasteiger charge is 2.32. The number of carbonyl (C=O) groups is 1. The highest BCUT2D eigenvalue weighted by atomic mass is 19.4. The second-order valence-corrected chi connectivity index (χ2v) is 5.79. The van der Waals surface area contributed by atoms with Gasteiger partial charge in [0, 0.05) is 5.69 Å². The zero-order valence-corrected chi connectivity index (χ0v) is 13.3. The second kappa shape index (κ2) is 7.48. The first-order valence-corrected chi connectivity index (χ1v) is 7.27. The quantitative estimate of drug-likeness (QED) is 0.824. The third kappa shape index (κ3) is 5.58. The van der Waals surface area contributed by atoms with Gasteiger partial charge in [0.2, 0.25) is 6.29 Å². The summed E-state index contributed by atoms with van der Waals surface area (Å²) in [5.41, 5.74) is -1.70. The topological polar surface area (TPSA) is 58.2 Å². The summed E-state index contributed by atoms with van der Waals surface area (Å²) in [5.74, 6) is 0.169. The lowest BCUT2D eigenvalue weighted by molar-refractivity contribution is -0.137. The molecule has 0 aromatic heterocycles. The maximum atomic E-state index is 12.5. The van der Waals surface area contributed by atoms with Gasteiger partial charge in [-0.2, -0.15) is 13.2 Å². The first-order chi connectivity index (χ1) is 10.6. The number of nitrogens with one attached hydrogen (secondary N) is 2. The second-order valence-electron chi connectivity index (χ2n) is 5.79. The van der Waals surface area contributed by atoms with Gasteiger partial charge in [0.1, 0.15) is 5.54 Å². The minimum Gasteiger partial charge on any atom is -0.325 e. The van der Waals surface area contributed by atoms with E-state index >= 15 is 0 Å². The number of anilines is 1. The monoisotopic (exact) mass is 329 g/mol. The first kappa shape index (κ1) is 19.0. The van der Waals surface area contributed by atoms with Crippen LogP contribution in [0.5, 0.6) is 0 Å². The van der Waals surface area contributed by atoms with Crippen LogP contribution in [0.1, 0.15) is 39.2 Å². The summed E-state index contributed by atoms with van der Waals surface area (Å²) in [6.45, 7) is 5.58. The van der Waals surface area contributed by atoms with E-state index in [9.17, 15) is 22.8 Å². The van der Waals surface area contributed by atoms with Crippen LogP contribution in [-0.4, -0.2) is 17.9 Å². The molecule has 0 unspecified atom stereocenters. The van der Waals surface area contributed by atoms with Gasteiger partial charge >= 0.3 is 12.2 Å². The Bertz CT molecular complexity index is 541. The molecule has 1 atom stereocenters. The fourth-order valence-corrected chi connectivity index (χ4v) is 2.24. The zero-order valence-electron chi connectivity index (χ0n) is 13.3. The number of benzene rings is 1. The van der Waals surface area contributed by atoms with Gasteiger partial charge in [-0.1, -0.05) is 20.8 Å². The van der Waals surface area contributed by atoms with Crippen LogP contribution in [0.3, 0.4) is 0 Å². The predicted molar refractivity (Wildman–Crippen MR) is 81.8 cm³/mol. The molecule has 1 aromatic carbocycles. The number of rotatable bonds is 6. The molecule has 0 aliphatic rings. The molecule has 0 aliphatic heterocycles. The van der Waals surface area contributed by atoms with Crippen LogP contribution in [0.25, 0.3) is 0 Å². The Morgan fingerprint density at radius 1 is 1.22 bits per heavy atom. The molecule has 0 bridgehead atoms. The lowest BCUT2D eigenvalue weighted by Crippen LogP contribution is -2.51. The summed E-state index contributed by atoms with van der Waals surface area (Å²) in [7, 11) is 0. The maximum absolute atomic E-state index is 12.5. The average molecular weight is 329 g/mol. The molecule has 0 spiro atoms. The maximum Gasteiger partial charge on any atom is 0.416 e. The van der Waals surface area contributed by atoms with Crippen LogP contribution in [0, 0.1) is 5.92 Å². The van der Waals surface area contributed by atoms with Gasteiger partial charge in [0.25, 0.3) is 0 Å². The lowest BCUT2D eigenvalue weighted by atomic mass is 9.88. The van der Waals surface area contributed by atoms with Crippen molar-refractivity contribution in [2.45, 2.75) is 45.3 Å². The third-order valence-electron chi connectivity index (χ3n) is 3.38. The molecular formula is C16H20F3N2O2. The molecule has 0 fully saturated rings. The van der Waals surface area contributed by atoms with Crippen molar-refractivity contribution in [1.82, 2.24) is 5.32 Å². The molecule has 4 nitrogen and oxygen atoms in total. The molecule has 1 radical (unpaired) electrons. The van der Waals surface area contributed by atoms with Crippen molar-refractivity contribution >= 4 is 18.0 Å². The van der Waals surface area contributed by atoms with Gasteiger partial charge in [-0.05, 0) is 43.0 Å². The van der Waals surface area contributed by atoms with Crippen molar-refractivity contribution in [3.05, 3.63) is 29.8 Å². The summed E-state index contributed by atoms with van der Waals surface area (Å²) < 4.78 is 37.4. The SMILES string of the molecule is CC[C@@]([C]=O)(CC(C)C)NC(=O)Nc1ccc(C(F)(F)F)cc1. The molecule has 0 heterocycles. The summed E-state index contributed by atoms with van der Waals surface area (Å²) in [6, 6.07) is 3.41. The third-order valence-corrected chi connectivity index (χ3v) is 3.38. The number of hydrogen-bond acceptors (Lipinski definition) is 2. The largest absolute Gasteiger partial charge is 0.416 e. The Hall–Kier alpha value is -2.05. The minimum atomic E-state index is -4.43. The Kier molecular flexibility index (Phi) is 6.18. The van der Waals surface area contributed by atoms with Crippen molar-refractivity contribution < 1.29 is 22.8 Å². The Balaban J connectivity index is 2.77. The van der Waals surface area contributed by atoms with Gasteiger partial charge < -0.3 is 10.6 Å². The van der Waals surface area contributed by atoms with Gasteiger partial charge in [-0.3, -0.25) is 4.79 Å². The molecule has 1 rings (SSSR count). The van der Waals surface area contributed by atoms with Crippen LogP contribution < -0.4 is 10.6 Å². The minimum absolute atomic E-state index is 0.169. The summed E-state index contributed by atoms with van der Waals surface area (Å²) in [4.78, 5) is 23.2. The van der Waals surface area contributed by atoms with E-state index in [2.05, 4.69) is 10.6 Å². The van der Waals surface area contributed by atoms with E-state index in [-0.39, 0.29) is 11.6 Å². The number of alkyl halides is 3. The first-order valence-electron chi connectivity index (χ1n) is 7.27. The van der Waals surface area contributed by atoms with Gasteiger partial charge in [0.15, 0.2) is 0 Å². The Morgan fingerprint density at radius 3 is 2.17 bits per heavy atom. The molecule has 0 saturated heterocycles.